The molecule has 1 amide bonds. The van der Waals surface area contributed by atoms with Gasteiger partial charge in [0.05, 0.1) is 27.9 Å². The zero-order valence-corrected chi connectivity index (χ0v) is 24.7. The number of rotatable bonds is 11. The maximum absolute atomic E-state index is 13.4. The second-order valence-electron chi connectivity index (χ2n) is 12.3. The number of hydrogen-bond donors (Lipinski definition) is 2. The number of anilines is 1. The number of hydrogen-bond acceptors (Lipinski definition) is 7. The lowest BCUT2D eigenvalue weighted by molar-refractivity contribution is -0.181. The first kappa shape index (κ1) is 32.9. The van der Waals surface area contributed by atoms with Gasteiger partial charge in [0, 0.05) is 11.1 Å². The molecule has 0 aromatic heterocycles. The first-order chi connectivity index (χ1) is 16.4. The average Bonchev–Trinajstić information content (AvgIpc) is 2.69. The average molecular weight is 542 g/mol. The van der Waals surface area contributed by atoms with Crippen molar-refractivity contribution in [3.8, 4) is 0 Å². The van der Waals surface area contributed by atoms with Crippen LogP contribution in [-0.4, -0.2) is 53.9 Å². The summed E-state index contributed by atoms with van der Waals surface area (Å²) in [5.74, 6) is -1.13. The van der Waals surface area contributed by atoms with E-state index in [9.17, 15) is 27.4 Å². The summed E-state index contributed by atoms with van der Waals surface area (Å²) in [4.78, 5) is 39.2. The van der Waals surface area contributed by atoms with Gasteiger partial charge in [0.15, 0.2) is 11.6 Å². The van der Waals surface area contributed by atoms with Crippen molar-refractivity contribution in [2.24, 2.45) is 10.8 Å². The van der Waals surface area contributed by atoms with E-state index in [2.05, 4.69) is 5.32 Å². The van der Waals surface area contributed by atoms with Crippen molar-refractivity contribution < 1.29 is 36.8 Å². The van der Waals surface area contributed by atoms with Crippen molar-refractivity contribution in [1.82, 2.24) is 0 Å². The van der Waals surface area contributed by atoms with Crippen molar-refractivity contribution >= 4 is 33.3 Å². The largest absolute Gasteiger partial charge is 0.365 e. The molecule has 10 heteroatoms. The molecule has 0 fully saturated rings. The molecule has 2 unspecified atom stereocenters. The smallest absolute Gasteiger partial charge is 0.294 e. The normalized spacial score (nSPS) is 15.1. The maximum Gasteiger partial charge on any atom is 0.294 e. The molecule has 0 saturated heterocycles. The van der Waals surface area contributed by atoms with E-state index < -0.39 is 50.3 Å². The van der Waals surface area contributed by atoms with Gasteiger partial charge in [-0.15, -0.1) is 0 Å². The maximum atomic E-state index is 13.4. The summed E-state index contributed by atoms with van der Waals surface area (Å²) in [7, 11) is -4.46. The molecular formula is C27H43NO8S. The number of benzene rings is 1. The van der Waals surface area contributed by atoms with Crippen LogP contribution in [-0.2, 0) is 34.0 Å². The van der Waals surface area contributed by atoms with Crippen molar-refractivity contribution in [3.63, 3.8) is 0 Å². The Morgan fingerprint density at radius 3 is 1.92 bits per heavy atom. The minimum absolute atomic E-state index is 0.130. The van der Waals surface area contributed by atoms with Gasteiger partial charge in [-0.2, -0.15) is 8.42 Å². The molecule has 37 heavy (non-hydrogen) atoms. The summed E-state index contributed by atoms with van der Waals surface area (Å²) in [6.45, 7) is 19.2. The zero-order valence-electron chi connectivity index (χ0n) is 23.9. The van der Waals surface area contributed by atoms with Gasteiger partial charge in [-0.05, 0) is 59.7 Å². The molecule has 0 spiro atoms. The third-order valence-corrected chi connectivity index (χ3v) is 7.13. The Kier molecular flexibility index (Phi) is 10.1. The Hall–Kier alpha value is -2.14. The molecule has 0 aliphatic carbocycles. The van der Waals surface area contributed by atoms with Crippen LogP contribution in [0.15, 0.2) is 29.2 Å². The minimum atomic E-state index is -4.46. The Balaban J connectivity index is 3.23. The summed E-state index contributed by atoms with van der Waals surface area (Å²) in [6, 6.07) is 5.12. The number of carbonyl (C=O) groups excluding carboxylic acids is 3. The van der Waals surface area contributed by atoms with E-state index in [0.717, 1.165) is 6.07 Å². The molecule has 0 saturated carbocycles. The highest BCUT2D eigenvalue weighted by Crippen LogP contribution is 2.39. The molecule has 1 aromatic carbocycles. The van der Waals surface area contributed by atoms with Crippen LogP contribution in [0.4, 0.5) is 5.69 Å². The molecule has 2 N–H and O–H groups in total. The van der Waals surface area contributed by atoms with E-state index in [0.29, 0.717) is 0 Å². The van der Waals surface area contributed by atoms with E-state index in [1.807, 2.05) is 20.8 Å². The minimum Gasteiger partial charge on any atom is -0.365 e. The van der Waals surface area contributed by atoms with E-state index in [4.69, 9.17) is 9.47 Å². The zero-order chi connectivity index (χ0) is 29.2. The second kappa shape index (κ2) is 11.3. The molecule has 0 aliphatic heterocycles. The predicted octanol–water partition coefficient (Wildman–Crippen LogP) is 4.84. The fraction of sp³-hybridized carbons (Fsp3) is 0.667. The van der Waals surface area contributed by atoms with Crippen LogP contribution in [0.2, 0.25) is 0 Å². The molecule has 2 atom stereocenters. The van der Waals surface area contributed by atoms with Crippen LogP contribution in [0.5, 0.6) is 0 Å². The fourth-order valence-electron chi connectivity index (χ4n) is 3.68. The van der Waals surface area contributed by atoms with Crippen molar-refractivity contribution in [2.45, 2.75) is 111 Å². The monoisotopic (exact) mass is 541 g/mol. The molecule has 9 nitrogen and oxygen atoms in total. The van der Waals surface area contributed by atoms with Gasteiger partial charge in [0.25, 0.3) is 10.1 Å². The third kappa shape index (κ3) is 9.28. The van der Waals surface area contributed by atoms with Crippen LogP contribution in [0, 0.1) is 10.8 Å². The highest BCUT2D eigenvalue weighted by atomic mass is 32.2. The van der Waals surface area contributed by atoms with E-state index in [1.54, 1.807) is 55.4 Å². The summed E-state index contributed by atoms with van der Waals surface area (Å²) in [5.41, 5.74) is -3.51. The summed E-state index contributed by atoms with van der Waals surface area (Å²) in [5, 5.41) is 2.55. The number of amides is 1. The van der Waals surface area contributed by atoms with Gasteiger partial charge >= 0.3 is 0 Å². The number of ether oxygens (including phenoxy) is 2. The number of nitrogens with one attached hydrogen (secondary N) is 1. The molecule has 210 valence electrons. The fourth-order valence-corrected chi connectivity index (χ4v) is 4.20. The van der Waals surface area contributed by atoms with Crippen LogP contribution < -0.4 is 5.32 Å². The van der Waals surface area contributed by atoms with Crippen molar-refractivity contribution in [3.05, 3.63) is 24.3 Å². The molecule has 0 heterocycles. The summed E-state index contributed by atoms with van der Waals surface area (Å²) in [6.07, 6.45) is -2.28. The Bertz CT molecular complexity index is 1110. The van der Waals surface area contributed by atoms with Gasteiger partial charge in [-0.3, -0.25) is 18.9 Å². The van der Waals surface area contributed by atoms with Crippen LogP contribution in [0.1, 0.15) is 82.6 Å². The Morgan fingerprint density at radius 2 is 1.46 bits per heavy atom. The summed E-state index contributed by atoms with van der Waals surface area (Å²) >= 11 is 0. The quantitative estimate of drug-likeness (QED) is 0.380. The lowest BCUT2D eigenvalue weighted by atomic mass is 9.71. The topological polar surface area (TPSA) is 136 Å². The number of carbonyl (C=O) groups is 3. The van der Waals surface area contributed by atoms with Crippen LogP contribution >= 0.6 is 0 Å². The Labute approximate surface area is 221 Å². The Morgan fingerprint density at radius 1 is 0.919 bits per heavy atom. The van der Waals surface area contributed by atoms with Gasteiger partial charge in [0.1, 0.15) is 12.2 Å². The number of Topliss-reactive ketones (excluding diaryl/α,β-unsaturated/α-hetero) is 2. The standard InChI is InChI=1S/C27H43NO8S/c1-17(35-25(5,6)7)22(30)26(8,9)27(10,11)36-20(23(31)24(2,3)4)16-21(29)28-18-13-12-14-19(15-18)37(32,33)34/h12-15,17,20H,16H2,1-11H3,(H,28,29)(H,32,33,34). The first-order valence-electron chi connectivity index (χ1n) is 12.2. The highest BCUT2D eigenvalue weighted by Gasteiger charge is 2.49. The number of ketones is 2. The third-order valence-electron chi connectivity index (χ3n) is 6.28. The van der Waals surface area contributed by atoms with Gasteiger partial charge in [-0.1, -0.05) is 40.7 Å². The predicted molar refractivity (Wildman–Crippen MR) is 142 cm³/mol. The van der Waals surface area contributed by atoms with Gasteiger partial charge in [-0.25, -0.2) is 0 Å². The molecule has 1 rings (SSSR count). The van der Waals surface area contributed by atoms with E-state index >= 15 is 0 Å². The van der Waals surface area contributed by atoms with E-state index in [-0.39, 0.29) is 28.6 Å². The van der Waals surface area contributed by atoms with Gasteiger partial charge in [0.2, 0.25) is 5.91 Å². The van der Waals surface area contributed by atoms with Crippen LogP contribution in [0.3, 0.4) is 0 Å². The lowest BCUT2D eigenvalue weighted by Gasteiger charge is -2.44. The van der Waals surface area contributed by atoms with Crippen LogP contribution in [0.25, 0.3) is 0 Å². The van der Waals surface area contributed by atoms with Crippen molar-refractivity contribution in [2.75, 3.05) is 5.32 Å². The SMILES string of the molecule is CC(OC(C)(C)C)C(=O)C(C)(C)C(C)(C)OC(CC(=O)Nc1cccc(S(=O)(=O)O)c1)C(=O)C(C)(C)C. The second-order valence-corrected chi connectivity index (χ2v) is 13.8. The highest BCUT2D eigenvalue weighted by molar-refractivity contribution is 7.85. The van der Waals surface area contributed by atoms with E-state index in [1.165, 1.54) is 18.2 Å². The lowest BCUT2D eigenvalue weighted by Crippen LogP contribution is -2.54. The first-order valence-corrected chi connectivity index (χ1v) is 13.6. The van der Waals surface area contributed by atoms with Crippen molar-refractivity contribution in [1.29, 1.82) is 0 Å². The molecular weight excluding hydrogens is 498 g/mol. The summed E-state index contributed by atoms with van der Waals surface area (Å²) < 4.78 is 44.2. The molecule has 0 aliphatic rings. The molecule has 0 radical (unpaired) electrons. The van der Waals surface area contributed by atoms with Gasteiger partial charge < -0.3 is 14.8 Å². The molecule has 1 aromatic rings. The molecule has 0 bridgehead atoms.